The SMILES string of the molecule is CC(C)C[C@H](NC(=O)[C@H](CC(=O)OCc1ccccc1)NC(=O)[C@H](C)NC(=O)[C@@H](N)C(C)(C)C)C(=O)OCc1ccccc1. The van der Waals surface area contributed by atoms with E-state index in [0.29, 0.717) is 0 Å². The van der Waals surface area contributed by atoms with Gasteiger partial charge in [-0.15, -0.1) is 0 Å². The molecule has 0 aliphatic heterocycles. The molecule has 0 radical (unpaired) electrons. The predicted octanol–water partition coefficient (Wildman–Crippen LogP) is 2.76. The third kappa shape index (κ3) is 12.5. The predicted molar refractivity (Wildman–Crippen MR) is 165 cm³/mol. The van der Waals surface area contributed by atoms with Gasteiger partial charge in [-0.05, 0) is 35.8 Å². The van der Waals surface area contributed by atoms with Crippen molar-refractivity contribution in [3.05, 3.63) is 71.8 Å². The van der Waals surface area contributed by atoms with E-state index in [0.717, 1.165) is 11.1 Å². The molecule has 0 aromatic heterocycles. The Hall–Kier alpha value is -4.25. The zero-order chi connectivity index (χ0) is 32.9. The summed E-state index contributed by atoms with van der Waals surface area (Å²) >= 11 is 0. The highest BCUT2D eigenvalue weighted by atomic mass is 16.5. The van der Waals surface area contributed by atoms with E-state index < -0.39 is 65.7 Å². The molecule has 11 nitrogen and oxygen atoms in total. The zero-order valence-corrected chi connectivity index (χ0v) is 26.4. The first-order valence-corrected chi connectivity index (χ1v) is 14.7. The Morgan fingerprint density at radius 3 is 1.70 bits per heavy atom. The van der Waals surface area contributed by atoms with Gasteiger partial charge in [0.25, 0.3) is 0 Å². The third-order valence-electron chi connectivity index (χ3n) is 6.75. The van der Waals surface area contributed by atoms with E-state index >= 15 is 0 Å². The van der Waals surface area contributed by atoms with Gasteiger partial charge in [0, 0.05) is 0 Å². The third-order valence-corrected chi connectivity index (χ3v) is 6.75. The van der Waals surface area contributed by atoms with Crippen LogP contribution in [0.15, 0.2) is 60.7 Å². The Labute approximate surface area is 259 Å². The number of nitrogens with one attached hydrogen (secondary N) is 3. The number of rotatable bonds is 15. The first-order chi connectivity index (χ1) is 20.7. The highest BCUT2D eigenvalue weighted by molar-refractivity contribution is 5.95. The normalized spacial score (nSPS) is 14.0. The van der Waals surface area contributed by atoms with Crippen molar-refractivity contribution in [2.24, 2.45) is 17.1 Å². The monoisotopic (exact) mass is 610 g/mol. The van der Waals surface area contributed by atoms with E-state index in [-0.39, 0.29) is 25.6 Å². The summed E-state index contributed by atoms with van der Waals surface area (Å²) in [5.74, 6) is -3.42. The summed E-state index contributed by atoms with van der Waals surface area (Å²) in [6.45, 7) is 10.6. The van der Waals surface area contributed by atoms with E-state index in [1.54, 1.807) is 45.0 Å². The van der Waals surface area contributed by atoms with E-state index in [9.17, 15) is 24.0 Å². The summed E-state index contributed by atoms with van der Waals surface area (Å²) in [5.41, 5.74) is 6.99. The highest BCUT2D eigenvalue weighted by Gasteiger charge is 2.33. The Bertz CT molecular complexity index is 1250. The molecule has 5 N–H and O–H groups in total. The maximum atomic E-state index is 13.5. The summed E-state index contributed by atoms with van der Waals surface area (Å²) in [6, 6.07) is 13.7. The lowest BCUT2D eigenvalue weighted by molar-refractivity contribution is -0.150. The van der Waals surface area contributed by atoms with Crippen LogP contribution in [0.5, 0.6) is 0 Å². The average molecular weight is 611 g/mol. The smallest absolute Gasteiger partial charge is 0.328 e. The van der Waals surface area contributed by atoms with Crippen LogP contribution < -0.4 is 21.7 Å². The molecule has 0 unspecified atom stereocenters. The summed E-state index contributed by atoms with van der Waals surface area (Å²) in [4.78, 5) is 65.0. The fourth-order valence-electron chi connectivity index (χ4n) is 4.02. The van der Waals surface area contributed by atoms with Crippen LogP contribution in [0.2, 0.25) is 0 Å². The van der Waals surface area contributed by atoms with Crippen LogP contribution in [0.4, 0.5) is 0 Å². The van der Waals surface area contributed by atoms with Gasteiger partial charge < -0.3 is 31.2 Å². The summed E-state index contributed by atoms with van der Waals surface area (Å²) in [6.07, 6.45) is -0.254. The first-order valence-electron chi connectivity index (χ1n) is 14.7. The Morgan fingerprint density at radius 2 is 1.20 bits per heavy atom. The van der Waals surface area contributed by atoms with Crippen LogP contribution in [-0.4, -0.2) is 53.8 Å². The summed E-state index contributed by atoms with van der Waals surface area (Å²) < 4.78 is 10.8. The van der Waals surface area contributed by atoms with Crippen molar-refractivity contribution in [1.29, 1.82) is 0 Å². The van der Waals surface area contributed by atoms with Gasteiger partial charge in [-0.3, -0.25) is 19.2 Å². The molecule has 0 aliphatic carbocycles. The second-order valence-corrected chi connectivity index (χ2v) is 12.3. The molecule has 0 spiro atoms. The van der Waals surface area contributed by atoms with Gasteiger partial charge in [0.15, 0.2) is 0 Å². The van der Waals surface area contributed by atoms with Crippen LogP contribution in [0, 0.1) is 11.3 Å². The number of ether oxygens (including phenoxy) is 2. The van der Waals surface area contributed by atoms with E-state index in [2.05, 4.69) is 16.0 Å². The lowest BCUT2D eigenvalue weighted by Gasteiger charge is -2.28. The quantitative estimate of drug-likeness (QED) is 0.224. The molecule has 2 rings (SSSR count). The second-order valence-electron chi connectivity index (χ2n) is 12.3. The van der Waals surface area contributed by atoms with Crippen molar-refractivity contribution in [2.45, 2.75) is 91.8 Å². The Balaban J connectivity index is 2.17. The minimum atomic E-state index is -1.40. The number of amides is 3. The van der Waals surface area contributed by atoms with E-state index in [4.69, 9.17) is 15.2 Å². The number of carbonyl (C=O) groups is 5. The van der Waals surface area contributed by atoms with Crippen LogP contribution in [-0.2, 0) is 46.7 Å². The highest BCUT2D eigenvalue weighted by Crippen LogP contribution is 2.17. The van der Waals surface area contributed by atoms with Crippen molar-refractivity contribution in [3.63, 3.8) is 0 Å². The molecule has 0 heterocycles. The number of hydrogen-bond acceptors (Lipinski definition) is 8. The maximum absolute atomic E-state index is 13.5. The number of carbonyl (C=O) groups excluding carboxylic acids is 5. The van der Waals surface area contributed by atoms with E-state index in [1.807, 2.05) is 50.2 Å². The summed E-state index contributed by atoms with van der Waals surface area (Å²) in [7, 11) is 0. The zero-order valence-electron chi connectivity index (χ0n) is 26.4. The second kappa shape index (κ2) is 17.1. The van der Waals surface area contributed by atoms with Crippen molar-refractivity contribution < 1.29 is 33.4 Å². The first kappa shape index (κ1) is 35.9. The largest absolute Gasteiger partial charge is 0.461 e. The number of benzene rings is 2. The van der Waals surface area contributed by atoms with Gasteiger partial charge in [-0.2, -0.15) is 0 Å². The lowest BCUT2D eigenvalue weighted by Crippen LogP contribution is -2.58. The fraction of sp³-hybridized carbons (Fsp3) is 0.485. The van der Waals surface area contributed by atoms with Crippen LogP contribution >= 0.6 is 0 Å². The maximum Gasteiger partial charge on any atom is 0.328 e. The van der Waals surface area contributed by atoms with Crippen molar-refractivity contribution in [1.82, 2.24) is 16.0 Å². The fourth-order valence-corrected chi connectivity index (χ4v) is 4.02. The molecule has 2 aromatic carbocycles. The molecule has 2 aromatic rings. The van der Waals surface area contributed by atoms with Crippen molar-refractivity contribution >= 4 is 29.7 Å². The molecule has 4 atom stereocenters. The standard InChI is InChI=1S/C33H46N4O7/c1-21(2)17-26(32(42)44-20-24-15-11-8-12-16-24)37-30(40)25(18-27(38)43-19-23-13-9-7-10-14-23)36-29(39)22(3)35-31(41)28(34)33(4,5)6/h7-16,21-22,25-26,28H,17-20,34H2,1-6H3,(H,35,41)(H,36,39)(H,37,40)/t22-,25-,26-,28+/m0/s1. The molecule has 0 saturated heterocycles. The van der Waals surface area contributed by atoms with Gasteiger partial charge in [0.05, 0.1) is 12.5 Å². The summed E-state index contributed by atoms with van der Waals surface area (Å²) in [5, 5.41) is 7.72. The molecule has 0 aliphatic rings. The van der Waals surface area contributed by atoms with Crippen molar-refractivity contribution in [3.8, 4) is 0 Å². The Morgan fingerprint density at radius 1 is 0.705 bits per heavy atom. The molecule has 11 heteroatoms. The van der Waals surface area contributed by atoms with E-state index in [1.165, 1.54) is 6.92 Å². The van der Waals surface area contributed by atoms with Gasteiger partial charge >= 0.3 is 11.9 Å². The number of esters is 2. The van der Waals surface area contributed by atoms with Crippen LogP contribution in [0.3, 0.4) is 0 Å². The number of nitrogens with two attached hydrogens (primary N) is 1. The van der Waals surface area contributed by atoms with Gasteiger partial charge in [0.1, 0.15) is 31.3 Å². The molecular weight excluding hydrogens is 564 g/mol. The molecule has 0 bridgehead atoms. The number of hydrogen-bond donors (Lipinski definition) is 4. The minimum absolute atomic E-state index is 0.00992. The van der Waals surface area contributed by atoms with Gasteiger partial charge in [-0.25, -0.2) is 4.79 Å². The molecule has 44 heavy (non-hydrogen) atoms. The topological polar surface area (TPSA) is 166 Å². The van der Waals surface area contributed by atoms with Crippen LogP contribution in [0.1, 0.15) is 65.5 Å². The van der Waals surface area contributed by atoms with Crippen LogP contribution in [0.25, 0.3) is 0 Å². The van der Waals surface area contributed by atoms with Gasteiger partial charge in [-0.1, -0.05) is 95.3 Å². The molecule has 240 valence electrons. The van der Waals surface area contributed by atoms with Crippen molar-refractivity contribution in [2.75, 3.05) is 0 Å². The molecule has 0 saturated carbocycles. The minimum Gasteiger partial charge on any atom is -0.461 e. The lowest BCUT2D eigenvalue weighted by atomic mass is 9.87. The van der Waals surface area contributed by atoms with Gasteiger partial charge in [0.2, 0.25) is 17.7 Å². The average Bonchev–Trinajstić information content (AvgIpc) is 2.97. The molecular formula is C33H46N4O7. The molecule has 0 fully saturated rings. The Kier molecular flexibility index (Phi) is 14.0. The molecule has 3 amide bonds.